The SMILES string of the molecule is Nn1c(Cc2ccccc2)nnc1SCc1cccc(F)c1. The fraction of sp³-hybridized carbons (Fsp3) is 0.125. The Bertz CT molecular complexity index is 758. The summed E-state index contributed by atoms with van der Waals surface area (Å²) in [5.74, 6) is 7.10. The summed E-state index contributed by atoms with van der Waals surface area (Å²) in [4.78, 5) is 0. The molecule has 3 rings (SSSR count). The van der Waals surface area contributed by atoms with E-state index in [1.807, 2.05) is 36.4 Å². The average Bonchev–Trinajstić information content (AvgIpc) is 2.87. The zero-order valence-corrected chi connectivity index (χ0v) is 12.6. The topological polar surface area (TPSA) is 56.7 Å². The monoisotopic (exact) mass is 314 g/mol. The summed E-state index contributed by atoms with van der Waals surface area (Å²) in [6.07, 6.45) is 0.630. The average molecular weight is 314 g/mol. The number of nitrogens with zero attached hydrogens (tertiary/aromatic N) is 3. The van der Waals surface area contributed by atoms with Crippen molar-refractivity contribution in [1.29, 1.82) is 0 Å². The summed E-state index contributed by atoms with van der Waals surface area (Å²) in [5.41, 5.74) is 2.01. The lowest BCUT2D eigenvalue weighted by molar-refractivity contribution is 0.626. The highest BCUT2D eigenvalue weighted by Gasteiger charge is 2.11. The third kappa shape index (κ3) is 3.46. The maximum Gasteiger partial charge on any atom is 0.210 e. The van der Waals surface area contributed by atoms with Gasteiger partial charge in [-0.15, -0.1) is 10.2 Å². The Morgan fingerprint density at radius 1 is 1.00 bits per heavy atom. The number of rotatable bonds is 5. The summed E-state index contributed by atoms with van der Waals surface area (Å²) < 4.78 is 14.6. The van der Waals surface area contributed by atoms with Gasteiger partial charge in [0.2, 0.25) is 5.16 Å². The number of thioether (sulfide) groups is 1. The van der Waals surface area contributed by atoms with Gasteiger partial charge in [-0.25, -0.2) is 9.07 Å². The normalized spacial score (nSPS) is 10.8. The van der Waals surface area contributed by atoms with Gasteiger partial charge in [-0.1, -0.05) is 54.2 Å². The van der Waals surface area contributed by atoms with Gasteiger partial charge in [-0.3, -0.25) is 0 Å². The Labute approximate surface area is 132 Å². The van der Waals surface area contributed by atoms with Crippen molar-refractivity contribution in [2.24, 2.45) is 0 Å². The van der Waals surface area contributed by atoms with E-state index in [0.29, 0.717) is 23.2 Å². The van der Waals surface area contributed by atoms with Gasteiger partial charge in [0.05, 0.1) is 0 Å². The smallest absolute Gasteiger partial charge is 0.210 e. The Hall–Kier alpha value is -2.34. The number of nitrogen functional groups attached to an aromatic ring is 1. The van der Waals surface area contributed by atoms with E-state index in [1.54, 1.807) is 6.07 Å². The lowest BCUT2D eigenvalue weighted by atomic mass is 10.1. The van der Waals surface area contributed by atoms with Crippen molar-refractivity contribution < 1.29 is 4.39 Å². The first-order valence-electron chi connectivity index (χ1n) is 6.83. The molecule has 0 aliphatic rings. The molecule has 0 atom stereocenters. The van der Waals surface area contributed by atoms with Crippen LogP contribution in [-0.4, -0.2) is 14.9 Å². The molecule has 0 amide bonds. The van der Waals surface area contributed by atoms with E-state index in [0.717, 1.165) is 11.1 Å². The number of nitrogens with two attached hydrogens (primary N) is 1. The predicted octanol–water partition coefficient (Wildman–Crippen LogP) is 3.01. The summed E-state index contributed by atoms with van der Waals surface area (Å²) in [6.45, 7) is 0. The van der Waals surface area contributed by atoms with E-state index in [9.17, 15) is 4.39 Å². The van der Waals surface area contributed by atoms with Gasteiger partial charge in [-0.05, 0) is 23.3 Å². The molecule has 0 bridgehead atoms. The highest BCUT2D eigenvalue weighted by molar-refractivity contribution is 7.98. The molecular formula is C16H15FN4S. The maximum atomic E-state index is 13.2. The Morgan fingerprint density at radius 2 is 1.77 bits per heavy atom. The van der Waals surface area contributed by atoms with Gasteiger partial charge in [0.1, 0.15) is 5.82 Å². The number of halogens is 1. The molecule has 6 heteroatoms. The van der Waals surface area contributed by atoms with Crippen molar-refractivity contribution in [3.05, 3.63) is 77.4 Å². The molecule has 0 unspecified atom stereocenters. The van der Waals surface area contributed by atoms with Crippen LogP contribution in [0.3, 0.4) is 0 Å². The van der Waals surface area contributed by atoms with E-state index < -0.39 is 0 Å². The molecule has 1 aromatic heterocycles. The molecule has 112 valence electrons. The van der Waals surface area contributed by atoms with E-state index in [4.69, 9.17) is 5.84 Å². The van der Waals surface area contributed by atoms with Gasteiger partial charge in [0.15, 0.2) is 5.82 Å². The summed E-state index contributed by atoms with van der Waals surface area (Å²) in [5, 5.41) is 8.86. The van der Waals surface area contributed by atoms with Crippen LogP contribution in [0.4, 0.5) is 4.39 Å². The predicted molar refractivity (Wildman–Crippen MR) is 85.4 cm³/mol. The van der Waals surface area contributed by atoms with Crippen LogP contribution in [0.15, 0.2) is 59.8 Å². The molecule has 2 aromatic carbocycles. The molecule has 0 fully saturated rings. The van der Waals surface area contributed by atoms with Gasteiger partial charge < -0.3 is 5.84 Å². The third-order valence-electron chi connectivity index (χ3n) is 3.20. The zero-order valence-electron chi connectivity index (χ0n) is 11.8. The van der Waals surface area contributed by atoms with E-state index in [-0.39, 0.29) is 5.82 Å². The highest BCUT2D eigenvalue weighted by Crippen LogP contribution is 2.21. The summed E-state index contributed by atoms with van der Waals surface area (Å²) in [6, 6.07) is 16.5. The molecule has 0 radical (unpaired) electrons. The van der Waals surface area contributed by atoms with Crippen LogP contribution >= 0.6 is 11.8 Å². The second-order valence-electron chi connectivity index (χ2n) is 4.85. The number of aromatic nitrogens is 3. The summed E-state index contributed by atoms with van der Waals surface area (Å²) >= 11 is 1.44. The van der Waals surface area contributed by atoms with Crippen LogP contribution in [0.25, 0.3) is 0 Å². The molecule has 0 spiro atoms. The summed E-state index contributed by atoms with van der Waals surface area (Å²) in [7, 11) is 0. The number of benzene rings is 2. The van der Waals surface area contributed by atoms with Crippen LogP contribution in [-0.2, 0) is 12.2 Å². The molecule has 1 heterocycles. The lowest BCUT2D eigenvalue weighted by Gasteiger charge is -2.04. The van der Waals surface area contributed by atoms with E-state index in [2.05, 4.69) is 10.2 Å². The van der Waals surface area contributed by atoms with Gasteiger partial charge in [-0.2, -0.15) is 0 Å². The number of hydrogen-bond acceptors (Lipinski definition) is 4. The van der Waals surface area contributed by atoms with Crippen molar-refractivity contribution in [2.45, 2.75) is 17.3 Å². The molecule has 4 nitrogen and oxygen atoms in total. The van der Waals surface area contributed by atoms with Crippen LogP contribution in [0.5, 0.6) is 0 Å². The third-order valence-corrected chi connectivity index (χ3v) is 4.21. The fourth-order valence-electron chi connectivity index (χ4n) is 2.08. The van der Waals surface area contributed by atoms with E-state index >= 15 is 0 Å². The van der Waals surface area contributed by atoms with Gasteiger partial charge in [0.25, 0.3) is 0 Å². The van der Waals surface area contributed by atoms with Crippen molar-refractivity contribution >= 4 is 11.8 Å². The van der Waals surface area contributed by atoms with Crippen molar-refractivity contribution in [1.82, 2.24) is 14.9 Å². The quantitative estimate of drug-likeness (QED) is 0.581. The van der Waals surface area contributed by atoms with Crippen LogP contribution in [0, 0.1) is 5.82 Å². The minimum absolute atomic E-state index is 0.239. The minimum Gasteiger partial charge on any atom is -0.336 e. The zero-order chi connectivity index (χ0) is 15.4. The highest BCUT2D eigenvalue weighted by atomic mass is 32.2. The Kier molecular flexibility index (Phi) is 4.39. The standard InChI is InChI=1S/C16H15FN4S/c17-14-8-4-7-13(9-14)11-22-16-20-19-15(21(16)18)10-12-5-2-1-3-6-12/h1-9H,10-11,18H2. The van der Waals surface area contributed by atoms with E-state index in [1.165, 1.54) is 28.6 Å². The molecule has 3 aromatic rings. The van der Waals surface area contributed by atoms with Crippen LogP contribution in [0.1, 0.15) is 17.0 Å². The molecule has 0 saturated carbocycles. The molecule has 2 N–H and O–H groups in total. The number of hydrogen-bond donors (Lipinski definition) is 1. The molecule has 22 heavy (non-hydrogen) atoms. The maximum absolute atomic E-state index is 13.2. The first-order valence-corrected chi connectivity index (χ1v) is 7.81. The van der Waals surface area contributed by atoms with Crippen LogP contribution < -0.4 is 5.84 Å². The van der Waals surface area contributed by atoms with Gasteiger partial charge in [0, 0.05) is 12.2 Å². The van der Waals surface area contributed by atoms with Crippen LogP contribution in [0.2, 0.25) is 0 Å². The Morgan fingerprint density at radius 3 is 2.55 bits per heavy atom. The largest absolute Gasteiger partial charge is 0.336 e. The first kappa shape index (κ1) is 14.6. The van der Waals surface area contributed by atoms with Crippen molar-refractivity contribution in [3.8, 4) is 0 Å². The lowest BCUT2D eigenvalue weighted by Crippen LogP contribution is -2.14. The molecule has 0 saturated heterocycles. The minimum atomic E-state index is -0.239. The molecular weight excluding hydrogens is 299 g/mol. The van der Waals surface area contributed by atoms with Crippen molar-refractivity contribution in [2.75, 3.05) is 5.84 Å². The van der Waals surface area contributed by atoms with Gasteiger partial charge >= 0.3 is 0 Å². The molecule has 0 aliphatic carbocycles. The first-order chi connectivity index (χ1) is 10.7. The molecule has 0 aliphatic heterocycles. The second-order valence-corrected chi connectivity index (χ2v) is 5.79. The van der Waals surface area contributed by atoms with Crippen molar-refractivity contribution in [3.63, 3.8) is 0 Å². The Balaban J connectivity index is 1.68. The fourth-order valence-corrected chi connectivity index (χ4v) is 2.90. The second kappa shape index (κ2) is 6.62.